The summed E-state index contributed by atoms with van der Waals surface area (Å²) < 4.78 is 23.6. The molecule has 0 amide bonds. The maximum Gasteiger partial charge on any atom is 0.215 e. The molecule has 12 heteroatoms. The molecule has 192 valence electrons. The van der Waals surface area contributed by atoms with Gasteiger partial charge >= 0.3 is 0 Å². The van der Waals surface area contributed by atoms with Crippen LogP contribution in [0.2, 0.25) is 0 Å². The van der Waals surface area contributed by atoms with Gasteiger partial charge in [0.15, 0.2) is 6.29 Å². The molecular formula is C21H41N5O7. The van der Waals surface area contributed by atoms with Crippen LogP contribution in [0.15, 0.2) is 11.8 Å². The van der Waals surface area contributed by atoms with Gasteiger partial charge in [0, 0.05) is 12.1 Å². The Bertz CT molecular complexity index is 669. The zero-order valence-corrected chi connectivity index (χ0v) is 19.6. The summed E-state index contributed by atoms with van der Waals surface area (Å²) in [4.78, 5) is 0. The Morgan fingerprint density at radius 3 is 2.48 bits per heavy atom. The Kier molecular flexibility index (Phi) is 9.08. The second-order valence-corrected chi connectivity index (χ2v) is 9.31. The SMILES string of the molecule is CCN[C@@H]1C[C@H](N)[C@@H](O[C@H]2OC(CN)=CC[C@H]2N)[C@H](O)[C@H]1OC1OC[C@](C)(O)[C@H](NC)[C@H]1O. The zero-order valence-electron chi connectivity index (χ0n) is 19.6. The van der Waals surface area contributed by atoms with Gasteiger partial charge in [0.1, 0.15) is 35.8 Å². The molecule has 0 aromatic rings. The fraction of sp³-hybridized carbons (Fsp3) is 0.905. The first-order valence-electron chi connectivity index (χ1n) is 11.6. The molecule has 1 saturated carbocycles. The number of hydrogen-bond donors (Lipinski definition) is 8. The minimum absolute atomic E-state index is 0.0483. The van der Waals surface area contributed by atoms with E-state index in [2.05, 4.69) is 10.6 Å². The molecule has 11 N–H and O–H groups in total. The van der Waals surface area contributed by atoms with Crippen LogP contribution in [0.25, 0.3) is 0 Å². The van der Waals surface area contributed by atoms with Crippen molar-refractivity contribution in [1.29, 1.82) is 0 Å². The minimum atomic E-state index is -1.28. The second kappa shape index (κ2) is 11.2. The highest BCUT2D eigenvalue weighted by atomic mass is 16.7. The fourth-order valence-corrected chi connectivity index (χ4v) is 4.86. The summed E-state index contributed by atoms with van der Waals surface area (Å²) in [5, 5.41) is 38.8. The van der Waals surface area contributed by atoms with Crippen LogP contribution in [0, 0.1) is 0 Å². The van der Waals surface area contributed by atoms with Crippen molar-refractivity contribution in [2.45, 2.75) is 93.5 Å². The van der Waals surface area contributed by atoms with Crippen molar-refractivity contribution in [1.82, 2.24) is 10.6 Å². The second-order valence-electron chi connectivity index (χ2n) is 9.31. The highest BCUT2D eigenvalue weighted by Crippen LogP contribution is 2.31. The molecule has 11 atom stereocenters. The molecule has 0 aromatic carbocycles. The van der Waals surface area contributed by atoms with Crippen LogP contribution in [-0.2, 0) is 18.9 Å². The lowest BCUT2D eigenvalue weighted by Crippen LogP contribution is -2.69. The van der Waals surface area contributed by atoms with Crippen LogP contribution in [0.1, 0.15) is 26.7 Å². The predicted octanol–water partition coefficient (Wildman–Crippen LogP) is -3.20. The molecule has 2 aliphatic heterocycles. The van der Waals surface area contributed by atoms with E-state index in [-0.39, 0.29) is 19.2 Å². The summed E-state index contributed by atoms with van der Waals surface area (Å²) >= 11 is 0. The van der Waals surface area contributed by atoms with Crippen LogP contribution < -0.4 is 27.8 Å². The van der Waals surface area contributed by atoms with Gasteiger partial charge in [-0.1, -0.05) is 6.92 Å². The van der Waals surface area contributed by atoms with Crippen LogP contribution in [-0.4, -0.2) is 109 Å². The number of aliphatic hydroxyl groups excluding tert-OH is 2. The van der Waals surface area contributed by atoms with Gasteiger partial charge in [0.05, 0.1) is 25.2 Å². The number of ether oxygens (including phenoxy) is 4. The molecule has 0 aromatic heterocycles. The number of aliphatic hydroxyl groups is 3. The smallest absolute Gasteiger partial charge is 0.215 e. The van der Waals surface area contributed by atoms with Gasteiger partial charge in [-0.15, -0.1) is 0 Å². The largest absolute Gasteiger partial charge is 0.467 e. The Balaban J connectivity index is 1.75. The Morgan fingerprint density at radius 1 is 1.15 bits per heavy atom. The molecule has 2 heterocycles. The van der Waals surface area contributed by atoms with Crippen LogP contribution in [0.4, 0.5) is 0 Å². The molecule has 12 nitrogen and oxygen atoms in total. The number of likely N-dealkylation sites (N-methyl/N-ethyl adjacent to an activating group) is 2. The van der Waals surface area contributed by atoms with Crippen molar-refractivity contribution >= 4 is 0 Å². The topological polar surface area (TPSA) is 200 Å². The third-order valence-corrected chi connectivity index (χ3v) is 6.64. The summed E-state index contributed by atoms with van der Waals surface area (Å²) in [5.41, 5.74) is 16.9. The van der Waals surface area contributed by atoms with E-state index in [1.165, 1.54) is 0 Å². The molecule has 0 bridgehead atoms. The van der Waals surface area contributed by atoms with E-state index in [4.69, 9.17) is 36.1 Å². The van der Waals surface area contributed by atoms with E-state index < -0.39 is 60.7 Å². The first-order chi connectivity index (χ1) is 15.6. The van der Waals surface area contributed by atoms with E-state index in [1.54, 1.807) is 14.0 Å². The van der Waals surface area contributed by atoms with Gasteiger partial charge in [-0.2, -0.15) is 0 Å². The first-order valence-corrected chi connectivity index (χ1v) is 11.6. The van der Waals surface area contributed by atoms with Gasteiger partial charge in [-0.25, -0.2) is 0 Å². The predicted molar refractivity (Wildman–Crippen MR) is 120 cm³/mol. The number of rotatable bonds is 8. The van der Waals surface area contributed by atoms with E-state index in [0.717, 1.165) is 0 Å². The van der Waals surface area contributed by atoms with Gasteiger partial charge in [0.2, 0.25) is 6.29 Å². The van der Waals surface area contributed by atoms with Crippen LogP contribution in [0.3, 0.4) is 0 Å². The molecule has 1 saturated heterocycles. The molecule has 3 rings (SSSR count). The van der Waals surface area contributed by atoms with E-state index >= 15 is 0 Å². The molecule has 2 fully saturated rings. The van der Waals surface area contributed by atoms with Gasteiger partial charge in [-0.05, 0) is 39.4 Å². The van der Waals surface area contributed by atoms with E-state index in [9.17, 15) is 15.3 Å². The number of nitrogens with two attached hydrogens (primary N) is 3. The molecule has 1 unspecified atom stereocenters. The minimum Gasteiger partial charge on any atom is -0.467 e. The zero-order chi connectivity index (χ0) is 24.3. The third kappa shape index (κ3) is 5.85. The number of nitrogens with one attached hydrogen (secondary N) is 2. The highest BCUT2D eigenvalue weighted by molar-refractivity contribution is 5.05. The lowest BCUT2D eigenvalue weighted by molar-refractivity contribution is -0.304. The first kappa shape index (κ1) is 26.7. The average molecular weight is 476 g/mol. The van der Waals surface area contributed by atoms with Crippen LogP contribution in [0.5, 0.6) is 0 Å². The van der Waals surface area contributed by atoms with Crippen molar-refractivity contribution in [2.24, 2.45) is 17.2 Å². The van der Waals surface area contributed by atoms with E-state index in [1.807, 2.05) is 13.0 Å². The summed E-state index contributed by atoms with van der Waals surface area (Å²) in [5.74, 6) is 0.572. The van der Waals surface area contributed by atoms with Crippen molar-refractivity contribution in [3.05, 3.63) is 11.8 Å². The van der Waals surface area contributed by atoms with Crippen molar-refractivity contribution in [3.8, 4) is 0 Å². The lowest BCUT2D eigenvalue weighted by Gasteiger charge is -2.49. The molecular weight excluding hydrogens is 434 g/mol. The molecule has 0 spiro atoms. The maximum absolute atomic E-state index is 11.3. The maximum atomic E-state index is 11.3. The summed E-state index contributed by atoms with van der Waals surface area (Å²) in [6.45, 7) is 4.30. The standard InChI is InChI=1S/C21H41N5O7/c1-4-26-13-7-12(24)16(32-19-11(23)6-5-10(8-22)31-19)14(27)17(13)33-20-15(28)18(25-3)21(2,29)9-30-20/h5,11-20,25-29H,4,6-9,22-24H2,1-3H3/t11-,12+,13-,14+,15-,16-,17+,18-,19-,20?,21+/m1/s1. The Hall–Kier alpha value is -0.900. The van der Waals surface area contributed by atoms with E-state index in [0.29, 0.717) is 25.1 Å². The Labute approximate surface area is 194 Å². The number of hydrogen-bond acceptors (Lipinski definition) is 12. The normalized spacial score (nSPS) is 46.5. The lowest BCUT2D eigenvalue weighted by atomic mass is 9.83. The molecule has 1 aliphatic carbocycles. The van der Waals surface area contributed by atoms with Crippen molar-refractivity contribution < 1.29 is 34.3 Å². The van der Waals surface area contributed by atoms with Crippen molar-refractivity contribution in [2.75, 3.05) is 26.7 Å². The third-order valence-electron chi connectivity index (χ3n) is 6.64. The average Bonchev–Trinajstić information content (AvgIpc) is 2.76. The molecule has 0 radical (unpaired) electrons. The monoisotopic (exact) mass is 475 g/mol. The quantitative estimate of drug-likeness (QED) is 0.175. The van der Waals surface area contributed by atoms with Gasteiger partial charge < -0.3 is 62.1 Å². The summed E-state index contributed by atoms with van der Waals surface area (Å²) in [7, 11) is 1.64. The van der Waals surface area contributed by atoms with Gasteiger partial charge in [0.25, 0.3) is 0 Å². The van der Waals surface area contributed by atoms with Crippen molar-refractivity contribution in [3.63, 3.8) is 0 Å². The highest BCUT2D eigenvalue weighted by Gasteiger charge is 2.51. The van der Waals surface area contributed by atoms with Gasteiger partial charge in [-0.3, -0.25) is 0 Å². The summed E-state index contributed by atoms with van der Waals surface area (Å²) in [6.07, 6.45) is -3.05. The fourth-order valence-electron chi connectivity index (χ4n) is 4.86. The Morgan fingerprint density at radius 2 is 1.85 bits per heavy atom. The molecule has 33 heavy (non-hydrogen) atoms. The molecule has 3 aliphatic rings. The summed E-state index contributed by atoms with van der Waals surface area (Å²) in [6, 6.07) is -1.95. The van der Waals surface area contributed by atoms with Crippen LogP contribution >= 0.6 is 0 Å².